The number of ether oxygens (including phenoxy) is 1. The minimum Gasteiger partial charge on any atom is -0.496 e. The van der Waals surface area contributed by atoms with Crippen LogP contribution in [0.4, 0.5) is 4.39 Å². The highest BCUT2D eigenvalue weighted by molar-refractivity contribution is 7.99. The Labute approximate surface area is 100 Å². The Balaban J connectivity index is 2.80. The molecule has 1 aromatic rings. The Hall–Kier alpha value is -0.740. The summed E-state index contributed by atoms with van der Waals surface area (Å²) < 4.78 is 18.3. The molecule has 0 bridgehead atoms. The van der Waals surface area contributed by atoms with Crippen molar-refractivity contribution in [1.29, 1.82) is 0 Å². The number of nitrogens with two attached hydrogens (primary N) is 1. The van der Waals surface area contributed by atoms with E-state index in [1.165, 1.54) is 12.1 Å². The van der Waals surface area contributed by atoms with Crippen molar-refractivity contribution in [3.8, 4) is 5.75 Å². The average molecular weight is 243 g/mol. The molecule has 0 aliphatic heterocycles. The number of benzene rings is 1. The Kier molecular flexibility index (Phi) is 5.09. The summed E-state index contributed by atoms with van der Waals surface area (Å²) in [6, 6.07) is 4.25. The zero-order chi connectivity index (χ0) is 12.1. The Bertz CT molecular complexity index is 344. The predicted molar refractivity (Wildman–Crippen MR) is 67.5 cm³/mol. The lowest BCUT2D eigenvalue weighted by Gasteiger charge is -2.16. The summed E-state index contributed by atoms with van der Waals surface area (Å²) in [5.74, 6) is 1.14. The number of hydrogen-bond acceptors (Lipinski definition) is 3. The standard InChI is InChI=1S/C12H18FNOS/c1-8(2)16-7-11(14)10-6-9(13)4-5-12(10)15-3/h4-6,8,11H,7,14H2,1-3H3. The average Bonchev–Trinajstić information content (AvgIpc) is 2.25. The van der Waals surface area contributed by atoms with Gasteiger partial charge in [0, 0.05) is 17.4 Å². The molecule has 0 aromatic heterocycles. The first-order valence-electron chi connectivity index (χ1n) is 5.25. The van der Waals surface area contributed by atoms with Crippen LogP contribution in [-0.4, -0.2) is 18.1 Å². The van der Waals surface area contributed by atoms with E-state index in [1.807, 2.05) is 0 Å². The molecule has 0 heterocycles. The van der Waals surface area contributed by atoms with Gasteiger partial charge in [-0.25, -0.2) is 4.39 Å². The van der Waals surface area contributed by atoms with E-state index >= 15 is 0 Å². The lowest BCUT2D eigenvalue weighted by Crippen LogP contribution is -2.15. The third-order valence-electron chi connectivity index (χ3n) is 2.20. The summed E-state index contributed by atoms with van der Waals surface area (Å²) in [6.07, 6.45) is 0. The van der Waals surface area contributed by atoms with E-state index in [0.29, 0.717) is 11.0 Å². The molecule has 0 amide bonds. The molecule has 16 heavy (non-hydrogen) atoms. The van der Waals surface area contributed by atoms with Gasteiger partial charge in [-0.3, -0.25) is 0 Å². The van der Waals surface area contributed by atoms with Crippen molar-refractivity contribution < 1.29 is 9.13 Å². The lowest BCUT2D eigenvalue weighted by atomic mass is 10.1. The molecule has 1 unspecified atom stereocenters. The van der Waals surface area contributed by atoms with Crippen LogP contribution in [0.2, 0.25) is 0 Å². The highest BCUT2D eigenvalue weighted by atomic mass is 32.2. The van der Waals surface area contributed by atoms with Crippen molar-refractivity contribution in [2.45, 2.75) is 25.1 Å². The van der Waals surface area contributed by atoms with E-state index in [2.05, 4.69) is 13.8 Å². The zero-order valence-corrected chi connectivity index (χ0v) is 10.7. The van der Waals surface area contributed by atoms with Gasteiger partial charge in [0.25, 0.3) is 0 Å². The molecule has 4 heteroatoms. The highest BCUT2D eigenvalue weighted by Crippen LogP contribution is 2.27. The van der Waals surface area contributed by atoms with E-state index in [1.54, 1.807) is 24.9 Å². The van der Waals surface area contributed by atoms with Crippen molar-refractivity contribution in [3.63, 3.8) is 0 Å². The van der Waals surface area contributed by atoms with Gasteiger partial charge in [-0.1, -0.05) is 13.8 Å². The fraction of sp³-hybridized carbons (Fsp3) is 0.500. The summed E-state index contributed by atoms with van der Waals surface area (Å²) >= 11 is 1.76. The second kappa shape index (κ2) is 6.11. The normalized spacial score (nSPS) is 12.9. The van der Waals surface area contributed by atoms with Gasteiger partial charge in [0.05, 0.1) is 7.11 Å². The number of thioether (sulfide) groups is 1. The molecular formula is C12H18FNOS. The van der Waals surface area contributed by atoms with Gasteiger partial charge in [-0.15, -0.1) is 0 Å². The van der Waals surface area contributed by atoms with Crippen molar-refractivity contribution in [2.75, 3.05) is 12.9 Å². The van der Waals surface area contributed by atoms with Crippen LogP contribution >= 0.6 is 11.8 Å². The fourth-order valence-corrected chi connectivity index (χ4v) is 2.15. The molecule has 0 radical (unpaired) electrons. The van der Waals surface area contributed by atoms with Gasteiger partial charge >= 0.3 is 0 Å². The Morgan fingerprint density at radius 2 is 2.12 bits per heavy atom. The summed E-state index contributed by atoms with van der Waals surface area (Å²) in [6.45, 7) is 4.22. The third kappa shape index (κ3) is 3.68. The number of hydrogen-bond donors (Lipinski definition) is 1. The summed E-state index contributed by atoms with van der Waals surface area (Å²) in [4.78, 5) is 0. The number of halogens is 1. The van der Waals surface area contributed by atoms with Gasteiger partial charge in [0.1, 0.15) is 11.6 Å². The minimum absolute atomic E-state index is 0.196. The largest absolute Gasteiger partial charge is 0.496 e. The van der Waals surface area contributed by atoms with E-state index < -0.39 is 0 Å². The molecule has 1 atom stereocenters. The minimum atomic E-state index is -0.277. The summed E-state index contributed by atoms with van der Waals surface area (Å²) in [5.41, 5.74) is 6.75. The van der Waals surface area contributed by atoms with E-state index in [4.69, 9.17) is 10.5 Å². The SMILES string of the molecule is COc1ccc(F)cc1C(N)CSC(C)C. The fourth-order valence-electron chi connectivity index (χ4n) is 1.38. The molecule has 90 valence electrons. The zero-order valence-electron chi connectivity index (χ0n) is 9.87. The van der Waals surface area contributed by atoms with Crippen LogP contribution in [0.25, 0.3) is 0 Å². The molecule has 2 N–H and O–H groups in total. The maximum atomic E-state index is 13.1. The maximum Gasteiger partial charge on any atom is 0.123 e. The predicted octanol–water partition coefficient (Wildman–Crippen LogP) is 2.98. The van der Waals surface area contributed by atoms with E-state index in [-0.39, 0.29) is 11.9 Å². The van der Waals surface area contributed by atoms with Crippen LogP contribution in [0, 0.1) is 5.82 Å². The molecule has 0 fully saturated rings. The quantitative estimate of drug-likeness (QED) is 0.863. The molecule has 0 saturated heterocycles. The van der Waals surface area contributed by atoms with Crippen molar-refractivity contribution in [1.82, 2.24) is 0 Å². The molecule has 1 aromatic carbocycles. The highest BCUT2D eigenvalue weighted by Gasteiger charge is 2.13. The van der Waals surface area contributed by atoms with Crippen LogP contribution in [0.5, 0.6) is 5.75 Å². The third-order valence-corrected chi connectivity index (χ3v) is 3.42. The summed E-state index contributed by atoms with van der Waals surface area (Å²) in [7, 11) is 1.57. The molecule has 2 nitrogen and oxygen atoms in total. The second-order valence-electron chi connectivity index (χ2n) is 3.87. The topological polar surface area (TPSA) is 35.2 Å². The van der Waals surface area contributed by atoms with E-state index in [9.17, 15) is 4.39 Å². The Morgan fingerprint density at radius 1 is 1.44 bits per heavy atom. The first-order chi connectivity index (χ1) is 7.54. The first-order valence-corrected chi connectivity index (χ1v) is 6.30. The van der Waals surface area contributed by atoms with Crippen molar-refractivity contribution in [3.05, 3.63) is 29.6 Å². The lowest BCUT2D eigenvalue weighted by molar-refractivity contribution is 0.405. The monoisotopic (exact) mass is 243 g/mol. The molecular weight excluding hydrogens is 225 g/mol. The Morgan fingerprint density at radius 3 is 2.69 bits per heavy atom. The molecule has 0 saturated carbocycles. The number of methoxy groups -OCH3 is 1. The van der Waals surface area contributed by atoms with Crippen LogP contribution in [-0.2, 0) is 0 Å². The second-order valence-corrected chi connectivity index (χ2v) is 5.48. The van der Waals surface area contributed by atoms with Crippen molar-refractivity contribution in [2.24, 2.45) is 5.73 Å². The van der Waals surface area contributed by atoms with Crippen LogP contribution < -0.4 is 10.5 Å². The maximum absolute atomic E-state index is 13.1. The summed E-state index contributed by atoms with van der Waals surface area (Å²) in [5, 5.41) is 0.519. The van der Waals surface area contributed by atoms with Crippen LogP contribution in [0.15, 0.2) is 18.2 Å². The van der Waals surface area contributed by atoms with Crippen molar-refractivity contribution >= 4 is 11.8 Å². The molecule has 0 aliphatic rings. The molecule has 0 aliphatic carbocycles. The van der Waals surface area contributed by atoms with Crippen LogP contribution in [0.3, 0.4) is 0 Å². The molecule has 1 rings (SSSR count). The van der Waals surface area contributed by atoms with Gasteiger partial charge in [0.15, 0.2) is 0 Å². The van der Waals surface area contributed by atoms with Gasteiger partial charge in [-0.05, 0) is 23.4 Å². The van der Waals surface area contributed by atoms with Crippen LogP contribution in [0.1, 0.15) is 25.5 Å². The van der Waals surface area contributed by atoms with Gasteiger partial charge < -0.3 is 10.5 Å². The van der Waals surface area contributed by atoms with Gasteiger partial charge in [0.2, 0.25) is 0 Å². The van der Waals surface area contributed by atoms with E-state index in [0.717, 1.165) is 11.3 Å². The first kappa shape index (κ1) is 13.3. The van der Waals surface area contributed by atoms with Gasteiger partial charge in [-0.2, -0.15) is 11.8 Å². The number of rotatable bonds is 5. The smallest absolute Gasteiger partial charge is 0.123 e. The molecule has 0 spiro atoms.